The van der Waals surface area contributed by atoms with Gasteiger partial charge in [0.25, 0.3) is 0 Å². The molecule has 0 heterocycles. The fourth-order valence-electron chi connectivity index (χ4n) is 1.53. The Hall–Kier alpha value is -0.380. The zero-order valence-corrected chi connectivity index (χ0v) is 12.6. The standard InChI is InChI=1S/C13H8Br2ClF/c14-12(8-4-6-9(16)7-5-8)10-2-1-3-11(17)13(10)15/h1-7,12H. The van der Waals surface area contributed by atoms with Crippen molar-refractivity contribution in [2.75, 3.05) is 0 Å². The van der Waals surface area contributed by atoms with Gasteiger partial charge in [-0.2, -0.15) is 0 Å². The largest absolute Gasteiger partial charge is 0.206 e. The van der Waals surface area contributed by atoms with Crippen molar-refractivity contribution in [3.8, 4) is 0 Å². The SMILES string of the molecule is Fc1cccc(C(Br)c2ccc(Cl)cc2)c1Br. The predicted molar refractivity (Wildman–Crippen MR) is 76.3 cm³/mol. The maximum atomic E-state index is 13.4. The van der Waals surface area contributed by atoms with E-state index >= 15 is 0 Å². The molecular weight excluding hydrogens is 370 g/mol. The lowest BCUT2D eigenvalue weighted by atomic mass is 10.0. The van der Waals surface area contributed by atoms with Crippen LogP contribution in [0.3, 0.4) is 0 Å². The maximum Gasteiger partial charge on any atom is 0.137 e. The molecule has 1 atom stereocenters. The van der Waals surface area contributed by atoms with Gasteiger partial charge >= 0.3 is 0 Å². The number of hydrogen-bond acceptors (Lipinski definition) is 0. The van der Waals surface area contributed by atoms with Gasteiger partial charge in [0.15, 0.2) is 0 Å². The molecule has 88 valence electrons. The molecule has 0 radical (unpaired) electrons. The van der Waals surface area contributed by atoms with Crippen LogP contribution in [0.1, 0.15) is 16.0 Å². The number of halogens is 4. The molecule has 0 aliphatic heterocycles. The van der Waals surface area contributed by atoms with Gasteiger partial charge < -0.3 is 0 Å². The summed E-state index contributed by atoms with van der Waals surface area (Å²) in [7, 11) is 0. The highest BCUT2D eigenvalue weighted by Gasteiger charge is 2.15. The molecule has 0 aliphatic rings. The summed E-state index contributed by atoms with van der Waals surface area (Å²) in [6.45, 7) is 0. The molecule has 0 saturated carbocycles. The first-order valence-electron chi connectivity index (χ1n) is 4.93. The van der Waals surface area contributed by atoms with E-state index in [1.807, 2.05) is 30.3 Å². The van der Waals surface area contributed by atoms with E-state index < -0.39 is 0 Å². The Morgan fingerprint density at radius 3 is 2.35 bits per heavy atom. The molecular formula is C13H8Br2ClF. The van der Waals surface area contributed by atoms with Crippen molar-refractivity contribution in [3.05, 3.63) is 68.9 Å². The maximum absolute atomic E-state index is 13.4. The fourth-order valence-corrected chi connectivity index (χ4v) is 3.14. The molecule has 0 spiro atoms. The van der Waals surface area contributed by atoms with Crippen LogP contribution in [0, 0.1) is 5.82 Å². The van der Waals surface area contributed by atoms with Crippen LogP contribution in [-0.4, -0.2) is 0 Å². The van der Waals surface area contributed by atoms with Crippen LogP contribution in [-0.2, 0) is 0 Å². The lowest BCUT2D eigenvalue weighted by Crippen LogP contribution is -1.95. The van der Waals surface area contributed by atoms with Crippen molar-refractivity contribution in [1.29, 1.82) is 0 Å². The number of alkyl halides is 1. The van der Waals surface area contributed by atoms with Crippen molar-refractivity contribution in [2.24, 2.45) is 0 Å². The van der Waals surface area contributed by atoms with Crippen molar-refractivity contribution < 1.29 is 4.39 Å². The smallest absolute Gasteiger partial charge is 0.137 e. The highest BCUT2D eigenvalue weighted by atomic mass is 79.9. The lowest BCUT2D eigenvalue weighted by Gasteiger charge is -2.13. The summed E-state index contributed by atoms with van der Waals surface area (Å²) in [6.07, 6.45) is 0. The molecule has 0 amide bonds. The van der Waals surface area contributed by atoms with Gasteiger partial charge in [0, 0.05) is 5.02 Å². The molecule has 0 aliphatic carbocycles. The van der Waals surface area contributed by atoms with Gasteiger partial charge in [-0.1, -0.05) is 51.8 Å². The molecule has 2 aromatic carbocycles. The summed E-state index contributed by atoms with van der Waals surface area (Å²) in [4.78, 5) is -0.0650. The summed E-state index contributed by atoms with van der Waals surface area (Å²) in [6, 6.07) is 12.5. The van der Waals surface area contributed by atoms with Crippen molar-refractivity contribution in [3.63, 3.8) is 0 Å². The van der Waals surface area contributed by atoms with Crippen LogP contribution in [0.15, 0.2) is 46.9 Å². The van der Waals surface area contributed by atoms with Crippen LogP contribution >= 0.6 is 43.5 Å². The van der Waals surface area contributed by atoms with Gasteiger partial charge in [0.05, 0.1) is 9.30 Å². The van der Waals surface area contributed by atoms with Crippen LogP contribution < -0.4 is 0 Å². The molecule has 0 nitrogen and oxygen atoms in total. The molecule has 17 heavy (non-hydrogen) atoms. The Morgan fingerprint density at radius 2 is 1.71 bits per heavy atom. The average molecular weight is 378 g/mol. The van der Waals surface area contributed by atoms with Gasteiger partial charge in [0.1, 0.15) is 5.82 Å². The summed E-state index contributed by atoms with van der Waals surface area (Å²) in [5.41, 5.74) is 1.88. The van der Waals surface area contributed by atoms with E-state index in [0.29, 0.717) is 9.50 Å². The molecule has 0 N–H and O–H groups in total. The van der Waals surface area contributed by atoms with Gasteiger partial charge in [-0.15, -0.1) is 0 Å². The highest BCUT2D eigenvalue weighted by molar-refractivity contribution is 9.11. The topological polar surface area (TPSA) is 0 Å². The van der Waals surface area contributed by atoms with E-state index in [2.05, 4.69) is 31.9 Å². The van der Waals surface area contributed by atoms with Crippen LogP contribution in [0.25, 0.3) is 0 Å². The zero-order chi connectivity index (χ0) is 12.4. The molecule has 4 heteroatoms. The first-order valence-corrected chi connectivity index (χ1v) is 7.01. The van der Waals surface area contributed by atoms with Crippen LogP contribution in [0.2, 0.25) is 5.02 Å². The summed E-state index contributed by atoms with van der Waals surface area (Å²) in [5.74, 6) is -0.263. The Bertz CT molecular complexity index is 525. The van der Waals surface area contributed by atoms with Gasteiger partial charge in [-0.05, 0) is 45.3 Å². The van der Waals surface area contributed by atoms with E-state index in [-0.39, 0.29) is 10.6 Å². The number of benzene rings is 2. The Balaban J connectivity index is 2.40. The predicted octanol–water partition coefficient (Wildman–Crippen LogP) is 5.73. The second-order valence-electron chi connectivity index (χ2n) is 3.56. The van der Waals surface area contributed by atoms with E-state index in [1.165, 1.54) is 6.07 Å². The normalized spacial score (nSPS) is 12.5. The second kappa shape index (κ2) is 5.51. The third-order valence-electron chi connectivity index (χ3n) is 2.42. The van der Waals surface area contributed by atoms with Crippen LogP contribution in [0.5, 0.6) is 0 Å². The summed E-state index contributed by atoms with van der Waals surface area (Å²) in [5, 5.41) is 0.687. The second-order valence-corrected chi connectivity index (χ2v) is 5.70. The minimum absolute atomic E-state index is 0.0650. The van der Waals surface area contributed by atoms with Gasteiger partial charge in [0.2, 0.25) is 0 Å². The lowest BCUT2D eigenvalue weighted by molar-refractivity contribution is 0.619. The molecule has 1 unspecified atom stereocenters. The summed E-state index contributed by atoms with van der Waals surface area (Å²) >= 11 is 12.7. The monoisotopic (exact) mass is 376 g/mol. The Morgan fingerprint density at radius 1 is 1.06 bits per heavy atom. The molecule has 0 aromatic heterocycles. The van der Waals surface area contributed by atoms with E-state index in [1.54, 1.807) is 6.07 Å². The van der Waals surface area contributed by atoms with Crippen molar-refractivity contribution in [1.82, 2.24) is 0 Å². The Labute approximate surface area is 121 Å². The first kappa shape index (κ1) is 13.1. The molecule has 0 saturated heterocycles. The molecule has 0 bridgehead atoms. The molecule has 2 aromatic rings. The third kappa shape index (κ3) is 2.90. The molecule has 2 rings (SSSR count). The zero-order valence-electron chi connectivity index (χ0n) is 8.63. The quantitative estimate of drug-likeness (QED) is 0.586. The minimum Gasteiger partial charge on any atom is -0.206 e. The Kier molecular flexibility index (Phi) is 4.23. The third-order valence-corrected chi connectivity index (χ3v) is 4.53. The molecule has 0 fully saturated rings. The average Bonchev–Trinajstić information content (AvgIpc) is 2.33. The number of rotatable bonds is 2. The van der Waals surface area contributed by atoms with Crippen molar-refractivity contribution >= 4 is 43.5 Å². The summed E-state index contributed by atoms with van der Waals surface area (Å²) < 4.78 is 13.9. The fraction of sp³-hybridized carbons (Fsp3) is 0.0769. The highest BCUT2D eigenvalue weighted by Crippen LogP contribution is 2.36. The minimum atomic E-state index is -0.263. The first-order chi connectivity index (χ1) is 8.09. The van der Waals surface area contributed by atoms with Crippen molar-refractivity contribution in [2.45, 2.75) is 4.83 Å². The van der Waals surface area contributed by atoms with Gasteiger partial charge in [-0.3, -0.25) is 0 Å². The van der Waals surface area contributed by atoms with E-state index in [4.69, 9.17) is 11.6 Å². The van der Waals surface area contributed by atoms with E-state index in [9.17, 15) is 4.39 Å². The van der Waals surface area contributed by atoms with E-state index in [0.717, 1.165) is 11.1 Å². The van der Waals surface area contributed by atoms with Gasteiger partial charge in [-0.25, -0.2) is 4.39 Å². The number of hydrogen-bond donors (Lipinski definition) is 0. The van der Waals surface area contributed by atoms with Crippen LogP contribution in [0.4, 0.5) is 4.39 Å².